The van der Waals surface area contributed by atoms with Gasteiger partial charge >= 0.3 is 0 Å². The molecule has 15 heavy (non-hydrogen) atoms. The quantitative estimate of drug-likeness (QED) is 0.555. The molecule has 1 heterocycles. The summed E-state index contributed by atoms with van der Waals surface area (Å²) < 4.78 is 1.93. The number of aryl methyl sites for hydroxylation is 2. The van der Waals surface area contributed by atoms with E-state index in [4.69, 9.17) is 5.84 Å². The molecule has 1 unspecified atom stereocenters. The van der Waals surface area contributed by atoms with E-state index in [1.807, 2.05) is 11.7 Å². The van der Waals surface area contributed by atoms with Crippen LogP contribution in [0.25, 0.3) is 0 Å². The van der Waals surface area contributed by atoms with Gasteiger partial charge in [-0.2, -0.15) is 5.10 Å². The number of nitrogens with two attached hydrogens (primary N) is 1. The van der Waals surface area contributed by atoms with Gasteiger partial charge in [0.05, 0.1) is 17.4 Å². The highest BCUT2D eigenvalue weighted by Gasteiger charge is 2.14. The second kappa shape index (κ2) is 5.88. The summed E-state index contributed by atoms with van der Waals surface area (Å²) in [7, 11) is 1.98. The first-order valence-electron chi connectivity index (χ1n) is 5.71. The van der Waals surface area contributed by atoms with E-state index in [0.29, 0.717) is 0 Å². The van der Waals surface area contributed by atoms with Crippen molar-refractivity contribution in [3.05, 3.63) is 17.5 Å². The van der Waals surface area contributed by atoms with Crippen LogP contribution in [-0.2, 0) is 13.5 Å². The molecule has 1 aromatic rings. The van der Waals surface area contributed by atoms with E-state index < -0.39 is 0 Å². The third-order valence-electron chi connectivity index (χ3n) is 2.73. The van der Waals surface area contributed by atoms with Crippen LogP contribution in [0.5, 0.6) is 0 Å². The van der Waals surface area contributed by atoms with Crippen LogP contribution in [-0.4, -0.2) is 9.78 Å². The molecule has 0 aliphatic carbocycles. The lowest BCUT2D eigenvalue weighted by atomic mass is 10.1. The standard InChI is InChI=1S/C11H22N4/c1-4-6-7-10(13-12)11-8-9(5-2)14-15(11)3/h8,10,13H,4-7,12H2,1-3H3. The van der Waals surface area contributed by atoms with Gasteiger partial charge in [-0.3, -0.25) is 16.0 Å². The van der Waals surface area contributed by atoms with Crippen LogP contribution in [0.2, 0.25) is 0 Å². The molecule has 86 valence electrons. The summed E-state index contributed by atoms with van der Waals surface area (Å²) in [6.45, 7) is 4.30. The Kier molecular flexibility index (Phi) is 4.78. The summed E-state index contributed by atoms with van der Waals surface area (Å²) >= 11 is 0. The number of hydrogen-bond acceptors (Lipinski definition) is 3. The van der Waals surface area contributed by atoms with Crippen molar-refractivity contribution in [2.24, 2.45) is 12.9 Å². The van der Waals surface area contributed by atoms with Crippen LogP contribution < -0.4 is 11.3 Å². The molecular formula is C11H22N4. The minimum absolute atomic E-state index is 0.225. The highest BCUT2D eigenvalue weighted by molar-refractivity contribution is 5.14. The predicted octanol–water partition coefficient (Wildman–Crippen LogP) is 1.68. The van der Waals surface area contributed by atoms with Crippen LogP contribution in [0, 0.1) is 0 Å². The topological polar surface area (TPSA) is 55.9 Å². The fraction of sp³-hybridized carbons (Fsp3) is 0.727. The molecule has 0 bridgehead atoms. The van der Waals surface area contributed by atoms with Crippen molar-refractivity contribution in [1.82, 2.24) is 15.2 Å². The van der Waals surface area contributed by atoms with E-state index in [2.05, 4.69) is 30.4 Å². The summed E-state index contributed by atoms with van der Waals surface area (Å²) in [6.07, 6.45) is 4.41. The van der Waals surface area contributed by atoms with Gasteiger partial charge in [-0.05, 0) is 18.9 Å². The number of aromatic nitrogens is 2. The van der Waals surface area contributed by atoms with Crippen LogP contribution in [0.4, 0.5) is 0 Å². The molecule has 0 radical (unpaired) electrons. The molecule has 0 saturated carbocycles. The van der Waals surface area contributed by atoms with Gasteiger partial charge in [0, 0.05) is 7.05 Å². The molecule has 0 aliphatic rings. The number of unbranched alkanes of at least 4 members (excludes halogenated alkanes) is 1. The maximum absolute atomic E-state index is 5.57. The Balaban J connectivity index is 2.76. The molecule has 0 spiro atoms. The number of hydrogen-bond donors (Lipinski definition) is 2. The zero-order valence-corrected chi connectivity index (χ0v) is 9.95. The van der Waals surface area contributed by atoms with E-state index in [1.165, 1.54) is 18.5 Å². The van der Waals surface area contributed by atoms with E-state index in [0.717, 1.165) is 18.5 Å². The average Bonchev–Trinajstić information content (AvgIpc) is 2.61. The molecule has 1 atom stereocenters. The van der Waals surface area contributed by atoms with Gasteiger partial charge in [-0.1, -0.05) is 26.7 Å². The lowest BCUT2D eigenvalue weighted by molar-refractivity contribution is 0.464. The molecular weight excluding hydrogens is 188 g/mol. The Morgan fingerprint density at radius 2 is 2.27 bits per heavy atom. The second-order valence-electron chi connectivity index (χ2n) is 3.90. The minimum Gasteiger partial charge on any atom is -0.271 e. The molecule has 0 amide bonds. The van der Waals surface area contributed by atoms with Gasteiger partial charge in [-0.15, -0.1) is 0 Å². The Morgan fingerprint density at radius 1 is 1.53 bits per heavy atom. The second-order valence-corrected chi connectivity index (χ2v) is 3.90. The number of hydrazine groups is 1. The maximum atomic E-state index is 5.57. The van der Waals surface area contributed by atoms with Crippen LogP contribution >= 0.6 is 0 Å². The fourth-order valence-electron chi connectivity index (χ4n) is 1.77. The monoisotopic (exact) mass is 210 g/mol. The lowest BCUT2D eigenvalue weighted by Crippen LogP contribution is -2.29. The molecule has 4 heteroatoms. The fourth-order valence-corrected chi connectivity index (χ4v) is 1.77. The van der Waals surface area contributed by atoms with Gasteiger partial charge in [0.25, 0.3) is 0 Å². The third kappa shape index (κ3) is 3.04. The van der Waals surface area contributed by atoms with Gasteiger partial charge in [0.1, 0.15) is 0 Å². The Morgan fingerprint density at radius 3 is 2.73 bits per heavy atom. The van der Waals surface area contributed by atoms with E-state index in [-0.39, 0.29) is 6.04 Å². The van der Waals surface area contributed by atoms with Gasteiger partial charge in [0.2, 0.25) is 0 Å². The van der Waals surface area contributed by atoms with Crippen molar-refractivity contribution >= 4 is 0 Å². The SMILES string of the molecule is CCCCC(NN)c1cc(CC)nn1C. The molecule has 4 nitrogen and oxygen atoms in total. The van der Waals surface area contributed by atoms with E-state index >= 15 is 0 Å². The van der Waals surface area contributed by atoms with Crippen LogP contribution in [0.1, 0.15) is 50.5 Å². The lowest BCUT2D eigenvalue weighted by Gasteiger charge is -2.15. The summed E-state index contributed by atoms with van der Waals surface area (Å²) in [4.78, 5) is 0. The van der Waals surface area contributed by atoms with Gasteiger partial charge in [-0.25, -0.2) is 0 Å². The smallest absolute Gasteiger partial charge is 0.0629 e. The summed E-state index contributed by atoms with van der Waals surface area (Å²) in [5, 5.41) is 4.43. The third-order valence-corrected chi connectivity index (χ3v) is 2.73. The Labute approximate surface area is 91.8 Å². The van der Waals surface area contributed by atoms with Crippen LogP contribution in [0.3, 0.4) is 0 Å². The molecule has 1 aromatic heterocycles. The number of nitrogens with zero attached hydrogens (tertiary/aromatic N) is 2. The number of rotatable bonds is 6. The van der Waals surface area contributed by atoms with Crippen molar-refractivity contribution in [3.63, 3.8) is 0 Å². The minimum atomic E-state index is 0.225. The van der Waals surface area contributed by atoms with Crippen molar-refractivity contribution in [1.29, 1.82) is 0 Å². The summed E-state index contributed by atoms with van der Waals surface area (Å²) in [5.41, 5.74) is 5.18. The maximum Gasteiger partial charge on any atom is 0.0629 e. The highest BCUT2D eigenvalue weighted by Crippen LogP contribution is 2.19. The molecule has 0 fully saturated rings. The first-order chi connectivity index (χ1) is 7.22. The largest absolute Gasteiger partial charge is 0.271 e. The van der Waals surface area contributed by atoms with Crippen molar-refractivity contribution in [2.45, 2.75) is 45.6 Å². The summed E-state index contributed by atoms with van der Waals surface area (Å²) in [6, 6.07) is 2.36. The Hall–Kier alpha value is -0.870. The van der Waals surface area contributed by atoms with Crippen LogP contribution in [0.15, 0.2) is 6.07 Å². The van der Waals surface area contributed by atoms with E-state index in [9.17, 15) is 0 Å². The van der Waals surface area contributed by atoms with Gasteiger partial charge < -0.3 is 0 Å². The zero-order chi connectivity index (χ0) is 11.3. The number of nitrogens with one attached hydrogen (secondary N) is 1. The zero-order valence-electron chi connectivity index (χ0n) is 9.95. The van der Waals surface area contributed by atoms with Crippen molar-refractivity contribution < 1.29 is 0 Å². The van der Waals surface area contributed by atoms with Gasteiger partial charge in [0.15, 0.2) is 0 Å². The molecule has 3 N–H and O–H groups in total. The van der Waals surface area contributed by atoms with Crippen molar-refractivity contribution in [2.75, 3.05) is 0 Å². The molecule has 1 rings (SSSR count). The average molecular weight is 210 g/mol. The molecule has 0 saturated heterocycles. The summed E-state index contributed by atoms with van der Waals surface area (Å²) in [5.74, 6) is 5.57. The first-order valence-corrected chi connectivity index (χ1v) is 5.71. The predicted molar refractivity (Wildman–Crippen MR) is 62.2 cm³/mol. The first kappa shape index (κ1) is 12.2. The van der Waals surface area contributed by atoms with E-state index in [1.54, 1.807) is 0 Å². The van der Waals surface area contributed by atoms with Crippen molar-refractivity contribution in [3.8, 4) is 0 Å². The Bertz CT molecular complexity index is 293. The normalized spacial score (nSPS) is 13.1. The highest BCUT2D eigenvalue weighted by atomic mass is 15.3. The molecule has 0 aromatic carbocycles. The molecule has 0 aliphatic heterocycles.